The average molecular weight is 333 g/mol. The molecular weight excluding hydrogens is 314 g/mol. The lowest BCUT2D eigenvalue weighted by molar-refractivity contribution is 0.0777. The minimum atomic E-state index is 0.164. The van der Waals surface area contributed by atoms with Crippen LogP contribution in [0.5, 0.6) is 0 Å². The molecule has 1 amide bonds. The summed E-state index contributed by atoms with van der Waals surface area (Å²) in [6.07, 6.45) is 3.11. The third-order valence-electron chi connectivity index (χ3n) is 4.68. The summed E-state index contributed by atoms with van der Waals surface area (Å²) in [5, 5.41) is 1.20. The molecule has 120 valence electrons. The van der Waals surface area contributed by atoms with Gasteiger partial charge in [-0.1, -0.05) is 54.6 Å². The van der Waals surface area contributed by atoms with E-state index in [-0.39, 0.29) is 5.91 Å². The van der Waals surface area contributed by atoms with E-state index in [1.807, 2.05) is 23.1 Å². The van der Waals surface area contributed by atoms with E-state index < -0.39 is 0 Å². The molecule has 3 heteroatoms. The number of benzene rings is 2. The van der Waals surface area contributed by atoms with Crippen LogP contribution in [0.2, 0.25) is 0 Å². The Morgan fingerprint density at radius 2 is 1.79 bits per heavy atom. The summed E-state index contributed by atoms with van der Waals surface area (Å²) in [5.41, 5.74) is 3.72. The van der Waals surface area contributed by atoms with Gasteiger partial charge in [-0.2, -0.15) is 0 Å². The molecule has 0 fully saturated rings. The molecule has 0 unspecified atom stereocenters. The van der Waals surface area contributed by atoms with Crippen LogP contribution in [0.15, 0.2) is 60.7 Å². The second kappa shape index (κ2) is 6.25. The first-order valence-corrected chi connectivity index (χ1v) is 9.07. The van der Waals surface area contributed by atoms with Gasteiger partial charge in [0.2, 0.25) is 0 Å². The van der Waals surface area contributed by atoms with E-state index in [1.54, 1.807) is 11.3 Å². The van der Waals surface area contributed by atoms with E-state index in [9.17, 15) is 4.79 Å². The van der Waals surface area contributed by atoms with Gasteiger partial charge < -0.3 is 4.90 Å². The van der Waals surface area contributed by atoms with E-state index in [4.69, 9.17) is 0 Å². The van der Waals surface area contributed by atoms with E-state index >= 15 is 0 Å². The summed E-state index contributed by atoms with van der Waals surface area (Å²) in [6, 6.07) is 18.7. The molecule has 0 aliphatic carbocycles. The van der Waals surface area contributed by atoms with Crippen molar-refractivity contribution < 1.29 is 4.79 Å². The van der Waals surface area contributed by atoms with Crippen LogP contribution in [0.3, 0.4) is 0 Å². The Hall–Kier alpha value is -2.39. The molecule has 0 saturated heterocycles. The molecule has 0 radical (unpaired) electrons. The van der Waals surface area contributed by atoms with Crippen LogP contribution in [0.25, 0.3) is 15.7 Å². The molecule has 0 atom stereocenters. The van der Waals surface area contributed by atoms with Crippen LogP contribution in [-0.2, 0) is 0 Å². The molecule has 4 rings (SSSR count). The second-order valence-corrected chi connectivity index (χ2v) is 7.20. The lowest BCUT2D eigenvalue weighted by Crippen LogP contribution is -2.34. The van der Waals surface area contributed by atoms with Crippen molar-refractivity contribution in [1.82, 2.24) is 4.90 Å². The molecule has 0 N–H and O–H groups in total. The highest BCUT2D eigenvalue weighted by molar-refractivity contribution is 7.21. The average Bonchev–Trinajstić information content (AvgIpc) is 2.99. The number of carbonyl (C=O) groups is 1. The third-order valence-corrected chi connectivity index (χ3v) is 5.94. The normalized spacial score (nSPS) is 14.7. The molecule has 3 aromatic rings. The SMILES string of the molecule is Cc1c(C(=O)N2CC=C(c3ccccc3)CC2)sc2ccccc12. The first-order valence-electron chi connectivity index (χ1n) is 8.26. The van der Waals surface area contributed by atoms with Crippen molar-refractivity contribution >= 4 is 32.9 Å². The number of carbonyl (C=O) groups excluding carboxylic acids is 1. The number of hydrogen-bond donors (Lipinski definition) is 0. The molecule has 2 heterocycles. The highest BCUT2D eigenvalue weighted by atomic mass is 32.1. The highest BCUT2D eigenvalue weighted by Gasteiger charge is 2.23. The van der Waals surface area contributed by atoms with Crippen molar-refractivity contribution in [2.75, 3.05) is 13.1 Å². The van der Waals surface area contributed by atoms with Gasteiger partial charge in [0.25, 0.3) is 5.91 Å². The molecular formula is C21H19NOS. The predicted molar refractivity (Wildman–Crippen MR) is 102 cm³/mol. The number of thiophene rings is 1. The fourth-order valence-electron chi connectivity index (χ4n) is 3.29. The number of fused-ring (bicyclic) bond motifs is 1. The van der Waals surface area contributed by atoms with Gasteiger partial charge in [0.05, 0.1) is 4.88 Å². The zero-order valence-corrected chi connectivity index (χ0v) is 14.5. The van der Waals surface area contributed by atoms with Crippen LogP contribution in [0.4, 0.5) is 0 Å². The van der Waals surface area contributed by atoms with Crippen molar-refractivity contribution in [3.63, 3.8) is 0 Å². The Bertz CT molecular complexity index is 923. The topological polar surface area (TPSA) is 20.3 Å². The minimum Gasteiger partial charge on any atom is -0.334 e. The fourth-order valence-corrected chi connectivity index (χ4v) is 4.47. The molecule has 1 aliphatic rings. The maximum absolute atomic E-state index is 12.9. The van der Waals surface area contributed by atoms with Crippen LogP contribution < -0.4 is 0 Å². The van der Waals surface area contributed by atoms with Crippen molar-refractivity contribution in [2.24, 2.45) is 0 Å². The second-order valence-electron chi connectivity index (χ2n) is 6.15. The molecule has 0 spiro atoms. The Morgan fingerprint density at radius 1 is 1.04 bits per heavy atom. The zero-order chi connectivity index (χ0) is 16.5. The van der Waals surface area contributed by atoms with Gasteiger partial charge in [-0.25, -0.2) is 0 Å². The first kappa shape index (κ1) is 15.2. The van der Waals surface area contributed by atoms with Crippen LogP contribution in [0.1, 0.15) is 27.2 Å². The number of aryl methyl sites for hydroxylation is 1. The van der Waals surface area contributed by atoms with E-state index in [2.05, 4.69) is 49.4 Å². The van der Waals surface area contributed by atoms with Gasteiger partial charge in [0.1, 0.15) is 0 Å². The summed E-state index contributed by atoms with van der Waals surface area (Å²) >= 11 is 1.61. The predicted octanol–water partition coefficient (Wildman–Crippen LogP) is 5.14. The van der Waals surface area contributed by atoms with Crippen LogP contribution in [-0.4, -0.2) is 23.9 Å². The summed E-state index contributed by atoms with van der Waals surface area (Å²) in [7, 11) is 0. The molecule has 2 nitrogen and oxygen atoms in total. The first-order chi connectivity index (χ1) is 11.7. The van der Waals surface area contributed by atoms with Gasteiger partial charge >= 0.3 is 0 Å². The number of hydrogen-bond acceptors (Lipinski definition) is 2. The highest BCUT2D eigenvalue weighted by Crippen LogP contribution is 2.32. The van der Waals surface area contributed by atoms with Gasteiger partial charge in [-0.3, -0.25) is 4.79 Å². The summed E-state index contributed by atoms with van der Waals surface area (Å²) in [4.78, 5) is 15.8. The van der Waals surface area contributed by atoms with Gasteiger partial charge in [-0.15, -0.1) is 11.3 Å². The van der Waals surface area contributed by atoms with Crippen LogP contribution in [0, 0.1) is 6.92 Å². The van der Waals surface area contributed by atoms with Crippen molar-refractivity contribution in [3.05, 3.63) is 76.7 Å². The van der Waals surface area contributed by atoms with Crippen molar-refractivity contribution in [1.29, 1.82) is 0 Å². The number of amides is 1. The maximum Gasteiger partial charge on any atom is 0.264 e. The summed E-state index contributed by atoms with van der Waals surface area (Å²) < 4.78 is 1.19. The zero-order valence-electron chi connectivity index (χ0n) is 13.7. The standard InChI is InChI=1S/C21H19NOS/c1-15-18-9-5-6-10-19(18)24-20(15)21(23)22-13-11-17(12-14-22)16-7-3-2-4-8-16/h2-11H,12-14H2,1H3. The lowest BCUT2D eigenvalue weighted by Gasteiger charge is -2.26. The summed E-state index contributed by atoms with van der Waals surface area (Å²) in [5.74, 6) is 0.164. The van der Waals surface area contributed by atoms with Crippen molar-refractivity contribution in [3.8, 4) is 0 Å². The van der Waals surface area contributed by atoms with Gasteiger partial charge in [0.15, 0.2) is 0 Å². The Morgan fingerprint density at radius 3 is 2.50 bits per heavy atom. The van der Waals surface area contributed by atoms with Gasteiger partial charge in [-0.05, 0) is 41.5 Å². The largest absolute Gasteiger partial charge is 0.334 e. The van der Waals surface area contributed by atoms with E-state index in [0.717, 1.165) is 23.4 Å². The van der Waals surface area contributed by atoms with Crippen LogP contribution >= 0.6 is 11.3 Å². The molecule has 0 bridgehead atoms. The molecule has 2 aromatic carbocycles. The number of rotatable bonds is 2. The third kappa shape index (κ3) is 2.65. The lowest BCUT2D eigenvalue weighted by atomic mass is 9.99. The Balaban J connectivity index is 1.58. The number of nitrogens with zero attached hydrogens (tertiary/aromatic N) is 1. The maximum atomic E-state index is 12.9. The molecule has 0 saturated carbocycles. The molecule has 1 aliphatic heterocycles. The monoisotopic (exact) mass is 333 g/mol. The fraction of sp³-hybridized carbons (Fsp3) is 0.190. The van der Waals surface area contributed by atoms with E-state index in [1.165, 1.54) is 21.2 Å². The summed E-state index contributed by atoms with van der Waals surface area (Å²) in [6.45, 7) is 3.53. The Labute approximate surface area is 146 Å². The molecule has 24 heavy (non-hydrogen) atoms. The molecule has 1 aromatic heterocycles. The quantitative estimate of drug-likeness (QED) is 0.636. The Kier molecular flexibility index (Phi) is 3.95. The minimum absolute atomic E-state index is 0.164. The smallest absolute Gasteiger partial charge is 0.264 e. The van der Waals surface area contributed by atoms with Crippen molar-refractivity contribution in [2.45, 2.75) is 13.3 Å². The van der Waals surface area contributed by atoms with E-state index in [0.29, 0.717) is 6.54 Å². The van der Waals surface area contributed by atoms with Gasteiger partial charge in [0, 0.05) is 17.8 Å².